The molecular weight excluding hydrogens is 435 g/mol. The molecule has 0 saturated heterocycles. The smallest absolute Gasteiger partial charge is 0.271 e. The van der Waals surface area contributed by atoms with Crippen LogP contribution in [0.4, 0.5) is 0 Å². The van der Waals surface area contributed by atoms with Gasteiger partial charge in [-0.1, -0.05) is 65.7 Å². The molecule has 30 heavy (non-hydrogen) atoms. The lowest BCUT2D eigenvalue weighted by Gasteiger charge is -2.33. The molecule has 3 nitrogen and oxygen atoms in total. The first-order chi connectivity index (χ1) is 14.5. The summed E-state index contributed by atoms with van der Waals surface area (Å²) in [6, 6.07) is 15.2. The molecule has 1 aliphatic heterocycles. The van der Waals surface area contributed by atoms with E-state index in [1.54, 1.807) is 0 Å². The second-order valence-electron chi connectivity index (χ2n) is 7.88. The molecule has 0 radical (unpaired) electrons. The van der Waals surface area contributed by atoms with E-state index in [-0.39, 0.29) is 11.6 Å². The van der Waals surface area contributed by atoms with E-state index in [4.69, 9.17) is 28.2 Å². The molecule has 0 fully saturated rings. The quantitative estimate of drug-likeness (QED) is 0.514. The average Bonchev–Trinajstić information content (AvgIpc) is 3.04. The van der Waals surface area contributed by atoms with Gasteiger partial charge in [0.15, 0.2) is 4.80 Å². The van der Waals surface area contributed by atoms with Crippen molar-refractivity contribution in [2.75, 3.05) is 0 Å². The van der Waals surface area contributed by atoms with E-state index in [1.807, 2.05) is 59.2 Å². The molecular formula is C24H20Cl2N2OS. The molecule has 2 atom stereocenters. The van der Waals surface area contributed by atoms with Crippen molar-refractivity contribution in [1.82, 2.24) is 4.57 Å². The molecule has 5 rings (SSSR count). The van der Waals surface area contributed by atoms with Crippen LogP contribution in [0.3, 0.4) is 0 Å². The zero-order chi connectivity index (χ0) is 20.8. The lowest BCUT2D eigenvalue weighted by Crippen LogP contribution is -2.40. The maximum Gasteiger partial charge on any atom is 0.271 e. The molecule has 1 aromatic heterocycles. The Balaban J connectivity index is 1.74. The van der Waals surface area contributed by atoms with Crippen LogP contribution in [0.5, 0.6) is 0 Å². The van der Waals surface area contributed by atoms with Gasteiger partial charge in [0, 0.05) is 15.7 Å². The summed E-state index contributed by atoms with van der Waals surface area (Å²) in [5.74, 6) is 0.391. The molecule has 0 N–H and O–H groups in total. The third-order valence-corrected chi connectivity index (χ3v) is 7.38. The molecule has 0 spiro atoms. The van der Waals surface area contributed by atoms with Crippen molar-refractivity contribution in [2.24, 2.45) is 10.9 Å². The first kappa shape index (κ1) is 19.8. The van der Waals surface area contributed by atoms with Crippen LogP contribution in [0.2, 0.25) is 10.0 Å². The fourth-order valence-corrected chi connectivity index (χ4v) is 5.71. The molecule has 6 heteroatoms. The maximum absolute atomic E-state index is 13.5. The number of thiazole rings is 1. The van der Waals surface area contributed by atoms with Gasteiger partial charge in [0.05, 0.1) is 10.6 Å². The Morgan fingerprint density at radius 1 is 1.07 bits per heavy atom. The van der Waals surface area contributed by atoms with E-state index < -0.39 is 0 Å². The standard InChI is InChI=1S/C24H20Cl2N2OS/c1-14-3-2-4-19-21(14)22(16-7-11-18(26)12-8-16)28-23(29)20(30-24(28)27-19)13-15-5-9-17(25)10-6-15/h5-14,22H,2-4H2,1H3/b20-13-. The molecule has 2 aliphatic rings. The van der Waals surface area contributed by atoms with E-state index >= 15 is 0 Å². The second kappa shape index (κ2) is 7.84. The van der Waals surface area contributed by atoms with E-state index in [0.29, 0.717) is 20.5 Å². The van der Waals surface area contributed by atoms with Gasteiger partial charge in [-0.15, -0.1) is 0 Å². The van der Waals surface area contributed by atoms with Gasteiger partial charge in [0.1, 0.15) is 0 Å². The number of rotatable bonds is 2. The maximum atomic E-state index is 13.5. The Labute approximate surface area is 188 Å². The number of hydrogen-bond acceptors (Lipinski definition) is 3. The largest absolute Gasteiger partial charge is 0.272 e. The first-order valence-corrected chi connectivity index (χ1v) is 11.6. The van der Waals surface area contributed by atoms with Crippen molar-refractivity contribution >= 4 is 40.6 Å². The predicted molar refractivity (Wildman–Crippen MR) is 124 cm³/mol. The SMILES string of the molecule is CC1CCCC2=C1C(c1ccc(Cl)cc1)n1c(s/c(=C\c3ccc(Cl)cc3)c1=O)=N2. The molecule has 0 amide bonds. The summed E-state index contributed by atoms with van der Waals surface area (Å²) in [5, 5.41) is 1.37. The highest BCUT2D eigenvalue weighted by atomic mass is 35.5. The zero-order valence-corrected chi connectivity index (χ0v) is 18.8. The van der Waals surface area contributed by atoms with Crippen LogP contribution >= 0.6 is 34.5 Å². The van der Waals surface area contributed by atoms with Crippen molar-refractivity contribution in [2.45, 2.75) is 32.2 Å². The number of aromatic nitrogens is 1. The second-order valence-corrected chi connectivity index (χ2v) is 9.76. The molecule has 0 saturated carbocycles. The topological polar surface area (TPSA) is 34.4 Å². The van der Waals surface area contributed by atoms with Crippen LogP contribution in [0, 0.1) is 5.92 Å². The van der Waals surface area contributed by atoms with Gasteiger partial charge in [-0.2, -0.15) is 0 Å². The number of allylic oxidation sites excluding steroid dienone is 2. The van der Waals surface area contributed by atoms with Crippen molar-refractivity contribution in [3.05, 3.63) is 101 Å². The van der Waals surface area contributed by atoms with E-state index in [1.165, 1.54) is 16.9 Å². The first-order valence-electron chi connectivity index (χ1n) is 10.1. The number of hydrogen-bond donors (Lipinski definition) is 0. The molecule has 2 heterocycles. The van der Waals surface area contributed by atoms with Crippen LogP contribution in [0.15, 0.2) is 69.6 Å². The normalized spacial score (nSPS) is 21.2. The van der Waals surface area contributed by atoms with Crippen molar-refractivity contribution in [3.63, 3.8) is 0 Å². The van der Waals surface area contributed by atoms with Crippen molar-refractivity contribution in [3.8, 4) is 0 Å². The summed E-state index contributed by atoms with van der Waals surface area (Å²) >= 11 is 13.6. The minimum atomic E-state index is -0.129. The minimum Gasteiger partial charge on any atom is -0.272 e. The van der Waals surface area contributed by atoms with Gasteiger partial charge in [-0.25, -0.2) is 4.99 Å². The van der Waals surface area contributed by atoms with Crippen molar-refractivity contribution < 1.29 is 0 Å². The number of halogens is 2. The van der Waals surface area contributed by atoms with Gasteiger partial charge in [-0.3, -0.25) is 9.36 Å². The monoisotopic (exact) mass is 454 g/mol. The van der Waals surface area contributed by atoms with Gasteiger partial charge >= 0.3 is 0 Å². The summed E-state index contributed by atoms with van der Waals surface area (Å²) in [4.78, 5) is 19.2. The summed E-state index contributed by atoms with van der Waals surface area (Å²) in [5.41, 5.74) is 4.44. The third-order valence-electron chi connectivity index (χ3n) is 5.89. The Morgan fingerprint density at radius 3 is 2.43 bits per heavy atom. The van der Waals surface area contributed by atoms with Crippen LogP contribution in [-0.4, -0.2) is 4.57 Å². The highest BCUT2D eigenvalue weighted by molar-refractivity contribution is 7.07. The minimum absolute atomic E-state index is 0.00188. The Kier molecular flexibility index (Phi) is 5.18. The van der Waals surface area contributed by atoms with Crippen molar-refractivity contribution in [1.29, 1.82) is 0 Å². The van der Waals surface area contributed by atoms with Crippen LogP contribution < -0.4 is 14.9 Å². The van der Waals surface area contributed by atoms with E-state index in [9.17, 15) is 4.79 Å². The lowest BCUT2D eigenvalue weighted by molar-refractivity contribution is 0.447. The Bertz CT molecular complexity index is 1320. The molecule has 1 aliphatic carbocycles. The summed E-state index contributed by atoms with van der Waals surface area (Å²) < 4.78 is 2.55. The van der Waals surface area contributed by atoms with Gasteiger partial charge < -0.3 is 0 Å². The third kappa shape index (κ3) is 3.47. The van der Waals surface area contributed by atoms with Gasteiger partial charge in [-0.05, 0) is 72.2 Å². The molecule has 2 unspecified atom stereocenters. The van der Waals surface area contributed by atoms with Gasteiger partial charge in [0.2, 0.25) is 0 Å². The summed E-state index contributed by atoms with van der Waals surface area (Å²) in [6.45, 7) is 2.25. The molecule has 0 bridgehead atoms. The lowest BCUT2D eigenvalue weighted by atomic mass is 9.80. The zero-order valence-electron chi connectivity index (χ0n) is 16.4. The van der Waals surface area contributed by atoms with E-state index in [2.05, 4.69) is 6.92 Å². The number of benzene rings is 2. The molecule has 3 aromatic rings. The number of fused-ring (bicyclic) bond motifs is 1. The summed E-state index contributed by atoms with van der Waals surface area (Å²) in [6.07, 6.45) is 5.14. The number of nitrogens with zero attached hydrogens (tertiary/aromatic N) is 2. The van der Waals surface area contributed by atoms with E-state index in [0.717, 1.165) is 40.9 Å². The average molecular weight is 455 g/mol. The Morgan fingerprint density at radius 2 is 1.73 bits per heavy atom. The highest BCUT2D eigenvalue weighted by Gasteiger charge is 2.33. The van der Waals surface area contributed by atoms with Crippen LogP contribution in [0.1, 0.15) is 43.4 Å². The van der Waals surface area contributed by atoms with Crippen LogP contribution in [-0.2, 0) is 0 Å². The highest BCUT2D eigenvalue weighted by Crippen LogP contribution is 2.41. The predicted octanol–water partition coefficient (Wildman–Crippen LogP) is 5.34. The van der Waals surface area contributed by atoms with Crippen LogP contribution in [0.25, 0.3) is 6.08 Å². The molecule has 152 valence electrons. The molecule has 2 aromatic carbocycles. The van der Waals surface area contributed by atoms with Gasteiger partial charge in [0.25, 0.3) is 5.56 Å². The summed E-state index contributed by atoms with van der Waals surface area (Å²) in [7, 11) is 0. The fourth-order valence-electron chi connectivity index (χ4n) is 4.44. The Hall–Kier alpha value is -2.14. The fraction of sp³-hybridized carbons (Fsp3) is 0.250.